The topological polar surface area (TPSA) is 192 Å². The van der Waals surface area contributed by atoms with E-state index in [-0.39, 0.29) is 12.1 Å². The van der Waals surface area contributed by atoms with Crippen LogP contribution in [0.1, 0.15) is 37.1 Å². The maximum absolute atomic E-state index is 13.2. The number of aryl methyl sites for hydroxylation is 2. The van der Waals surface area contributed by atoms with E-state index in [1.54, 1.807) is 65.8 Å². The van der Waals surface area contributed by atoms with E-state index in [2.05, 4.69) is 80.4 Å². The summed E-state index contributed by atoms with van der Waals surface area (Å²) in [4.78, 5) is 49.4. The molecule has 17 heteroatoms. The first-order valence-electron chi connectivity index (χ1n) is 21.7. The zero-order valence-electron chi connectivity index (χ0n) is 36.1. The first-order valence-corrected chi connectivity index (χ1v) is 21.7. The molecule has 4 aliphatic rings. The molecule has 11 rings (SSSR count). The van der Waals surface area contributed by atoms with Gasteiger partial charge in [-0.2, -0.15) is 10.2 Å². The van der Waals surface area contributed by atoms with Gasteiger partial charge in [-0.05, 0) is 124 Å². The molecule has 2 fully saturated rings. The van der Waals surface area contributed by atoms with Crippen LogP contribution in [0.25, 0.3) is 22.5 Å². The average molecular weight is 869 g/mol. The van der Waals surface area contributed by atoms with Crippen LogP contribution >= 0.6 is 0 Å². The Balaban J connectivity index is 0.000000130. The molecule has 0 spiro atoms. The number of aromatic nitrogens is 8. The number of fused-ring (bicyclic) bond motifs is 8. The maximum atomic E-state index is 13.2. The van der Waals surface area contributed by atoms with E-state index < -0.39 is 6.09 Å². The highest BCUT2D eigenvalue weighted by molar-refractivity contribution is 6.04. The highest BCUT2D eigenvalue weighted by Crippen LogP contribution is 2.40. The third-order valence-corrected chi connectivity index (χ3v) is 11.3. The van der Waals surface area contributed by atoms with Crippen LogP contribution in [0.2, 0.25) is 0 Å². The number of rotatable bonds is 5. The molecule has 0 saturated carbocycles. The number of pyridine rings is 4. The van der Waals surface area contributed by atoms with Crippen LogP contribution in [0, 0.1) is 13.8 Å². The molecule has 4 aliphatic heterocycles. The van der Waals surface area contributed by atoms with Crippen molar-refractivity contribution in [2.75, 3.05) is 56.8 Å². The number of nitrogens with zero attached hydrogens (tertiary/aromatic N) is 11. The van der Waals surface area contributed by atoms with Crippen molar-refractivity contribution < 1.29 is 14.3 Å². The molecular weight excluding hydrogens is 821 g/mol. The van der Waals surface area contributed by atoms with Crippen LogP contribution in [-0.2, 0) is 0 Å². The lowest BCUT2D eigenvalue weighted by Gasteiger charge is -2.45. The fourth-order valence-corrected chi connectivity index (χ4v) is 8.37. The number of urea groups is 1. The quantitative estimate of drug-likeness (QED) is 0.150. The van der Waals surface area contributed by atoms with Gasteiger partial charge in [-0.25, -0.2) is 19.6 Å². The maximum Gasteiger partial charge on any atom is 0.418 e. The molecular formula is C48H48N14O3. The number of benzene rings is 1. The summed E-state index contributed by atoms with van der Waals surface area (Å²) in [5.41, 5.74) is 8.15. The monoisotopic (exact) mass is 868 g/mol. The number of ether oxygens (including phenoxy) is 1. The van der Waals surface area contributed by atoms with Gasteiger partial charge >= 0.3 is 12.1 Å². The molecule has 3 amide bonds. The van der Waals surface area contributed by atoms with E-state index >= 15 is 0 Å². The van der Waals surface area contributed by atoms with Crippen molar-refractivity contribution in [3.05, 3.63) is 139 Å². The van der Waals surface area contributed by atoms with Crippen molar-refractivity contribution in [1.29, 1.82) is 0 Å². The summed E-state index contributed by atoms with van der Waals surface area (Å²) in [5, 5.41) is 24.0. The Morgan fingerprint density at radius 3 is 1.95 bits per heavy atom. The SMILES string of the molecule is Cc1cc(-c2ccc3c(n2)N(C(=O)Nc2cccnn2)[C@H]2CCCN3C2)ccn1.Cc1cc(-c2ccc3c(n2)N[C@H]2CCCN3C2)ccn1.O=C(Nc1cccnn1)Oc1ccccc1. The molecule has 6 aromatic heterocycles. The second-order valence-corrected chi connectivity index (χ2v) is 16.0. The Kier molecular flexibility index (Phi) is 12.7. The van der Waals surface area contributed by atoms with E-state index in [4.69, 9.17) is 14.7 Å². The lowest BCUT2D eigenvalue weighted by Crippen LogP contribution is -2.56. The third-order valence-electron chi connectivity index (χ3n) is 11.3. The first kappa shape index (κ1) is 42.2. The second kappa shape index (κ2) is 19.5. The van der Waals surface area contributed by atoms with Gasteiger partial charge in [-0.1, -0.05) is 18.2 Å². The Hall–Kier alpha value is -8.08. The summed E-state index contributed by atoms with van der Waals surface area (Å²) in [5.74, 6) is 2.98. The smallest absolute Gasteiger partial charge is 0.410 e. The van der Waals surface area contributed by atoms with Crippen molar-refractivity contribution >= 4 is 46.8 Å². The number of amides is 3. The van der Waals surface area contributed by atoms with E-state index in [1.807, 2.05) is 50.4 Å². The minimum Gasteiger partial charge on any atom is -0.410 e. The summed E-state index contributed by atoms with van der Waals surface area (Å²) in [6, 6.07) is 32.4. The predicted molar refractivity (Wildman–Crippen MR) is 250 cm³/mol. The van der Waals surface area contributed by atoms with Gasteiger partial charge in [0.1, 0.15) is 5.75 Å². The Bertz CT molecular complexity index is 2710. The molecule has 1 aromatic carbocycles. The zero-order valence-corrected chi connectivity index (χ0v) is 36.1. The summed E-state index contributed by atoms with van der Waals surface area (Å²) >= 11 is 0. The normalized spacial score (nSPS) is 16.4. The van der Waals surface area contributed by atoms with Crippen LogP contribution in [0.15, 0.2) is 128 Å². The second-order valence-electron chi connectivity index (χ2n) is 16.0. The van der Waals surface area contributed by atoms with Crippen LogP contribution in [-0.4, -0.2) is 90.7 Å². The summed E-state index contributed by atoms with van der Waals surface area (Å²) in [6.45, 7) is 8.03. The number of para-hydroxylation sites is 1. The van der Waals surface area contributed by atoms with Crippen molar-refractivity contribution in [1.82, 2.24) is 40.3 Å². The highest BCUT2D eigenvalue weighted by atomic mass is 16.6. The van der Waals surface area contributed by atoms with E-state index in [9.17, 15) is 9.59 Å². The molecule has 10 heterocycles. The molecule has 0 unspecified atom stereocenters. The summed E-state index contributed by atoms with van der Waals surface area (Å²) in [7, 11) is 0. The van der Waals surface area contributed by atoms with Crippen LogP contribution < -0.4 is 35.4 Å². The highest BCUT2D eigenvalue weighted by Gasteiger charge is 2.38. The summed E-state index contributed by atoms with van der Waals surface area (Å²) in [6.07, 6.45) is 10.6. The largest absolute Gasteiger partial charge is 0.418 e. The van der Waals surface area contributed by atoms with Crippen LogP contribution in [0.3, 0.4) is 0 Å². The molecule has 0 aliphatic carbocycles. The molecule has 2 saturated heterocycles. The van der Waals surface area contributed by atoms with Crippen molar-refractivity contribution in [2.24, 2.45) is 0 Å². The van der Waals surface area contributed by atoms with Gasteiger partial charge in [0.25, 0.3) is 0 Å². The Labute approximate surface area is 376 Å². The fraction of sp³-hybridized carbons (Fsp3) is 0.250. The average Bonchev–Trinajstić information content (AvgIpc) is 3.33. The molecule has 2 atom stereocenters. The lowest BCUT2D eigenvalue weighted by molar-refractivity contribution is 0.215. The fourth-order valence-electron chi connectivity index (χ4n) is 8.37. The Morgan fingerprint density at radius 1 is 0.662 bits per heavy atom. The van der Waals surface area contributed by atoms with Gasteiger partial charge in [0.05, 0.1) is 28.8 Å². The standard InChI is InChI=1S/C21H21N7O.C16H18N4.C11H9N3O2/c1-14-12-15(8-10-22-14)17-6-7-18-20(24-17)28(16-4-3-11-27(18)13-16)21(29)25-19-5-2-9-23-26-19;1-11-9-12(6-7-17-11)14-4-5-15-16(19-14)18-13-3-2-8-20(15)10-13;15-11(13-10-7-4-8-12-14-10)16-9-5-2-1-3-6-9/h2,5-10,12,16H,3-4,11,13H2,1H3,(H,25,26,29);4-7,9,13H,2-3,8,10H2,1H3,(H,18,19);1-8H,(H,13,14,15)/t16-;13-;/m00./s1. The van der Waals surface area contributed by atoms with Crippen LogP contribution in [0.4, 0.5) is 44.2 Å². The summed E-state index contributed by atoms with van der Waals surface area (Å²) < 4.78 is 5.00. The van der Waals surface area contributed by atoms with Gasteiger partial charge in [0, 0.05) is 79.5 Å². The molecule has 4 bridgehead atoms. The molecule has 3 N–H and O–H groups in total. The van der Waals surface area contributed by atoms with E-state index in [1.165, 1.54) is 24.7 Å². The number of carbonyl (C=O) groups excluding carboxylic acids is 2. The minimum absolute atomic E-state index is 0.0786. The van der Waals surface area contributed by atoms with Crippen molar-refractivity contribution in [3.8, 4) is 28.3 Å². The lowest BCUT2D eigenvalue weighted by atomic mass is 9.99. The van der Waals surface area contributed by atoms with Crippen molar-refractivity contribution in [2.45, 2.75) is 51.6 Å². The first-order chi connectivity index (χ1) is 31.8. The third kappa shape index (κ3) is 10.3. The predicted octanol–water partition coefficient (Wildman–Crippen LogP) is 8.20. The molecule has 328 valence electrons. The number of hydrogen-bond acceptors (Lipinski definition) is 14. The molecule has 65 heavy (non-hydrogen) atoms. The number of anilines is 6. The van der Waals surface area contributed by atoms with Gasteiger partial charge < -0.3 is 19.9 Å². The zero-order chi connectivity index (χ0) is 44.5. The number of hydrogen-bond donors (Lipinski definition) is 3. The van der Waals surface area contributed by atoms with Gasteiger partial charge in [0.15, 0.2) is 23.3 Å². The Morgan fingerprint density at radius 2 is 1.29 bits per heavy atom. The van der Waals surface area contributed by atoms with Gasteiger partial charge in [-0.3, -0.25) is 25.5 Å². The number of piperidine rings is 2. The van der Waals surface area contributed by atoms with Gasteiger partial charge in [-0.15, -0.1) is 10.2 Å². The van der Waals surface area contributed by atoms with E-state index in [0.29, 0.717) is 29.2 Å². The van der Waals surface area contributed by atoms with Crippen LogP contribution in [0.5, 0.6) is 5.75 Å². The molecule has 7 aromatic rings. The molecule has 17 nitrogen and oxygen atoms in total. The number of nitrogens with one attached hydrogen (secondary N) is 3. The molecule has 0 radical (unpaired) electrons. The number of carbonyl (C=O) groups is 2. The van der Waals surface area contributed by atoms with Crippen molar-refractivity contribution in [3.63, 3.8) is 0 Å². The van der Waals surface area contributed by atoms with E-state index in [0.717, 1.165) is 84.4 Å². The van der Waals surface area contributed by atoms with Gasteiger partial charge in [0.2, 0.25) is 0 Å². The minimum atomic E-state index is -0.591.